The van der Waals surface area contributed by atoms with Crippen molar-refractivity contribution in [1.29, 1.82) is 0 Å². The Morgan fingerprint density at radius 2 is 1.59 bits per heavy atom. The topological polar surface area (TPSA) is 153 Å². The second-order valence-corrected chi connectivity index (χ2v) is 13.1. The van der Waals surface area contributed by atoms with Crippen molar-refractivity contribution in [3.8, 4) is 5.75 Å². The molecule has 0 aliphatic rings. The van der Waals surface area contributed by atoms with Gasteiger partial charge in [0.2, 0.25) is 5.91 Å². The zero-order chi connectivity index (χ0) is 35.7. The number of ether oxygens (including phenoxy) is 1. The fraction of sp³-hybridized carbons (Fsp3) is 0.0526. The van der Waals surface area contributed by atoms with E-state index in [0.717, 1.165) is 15.8 Å². The molecule has 13 heteroatoms. The number of hydrogen-bond donors (Lipinski definition) is 3. The number of nitrogens with one attached hydrogen (secondary N) is 3. The van der Waals surface area contributed by atoms with Crippen molar-refractivity contribution in [2.75, 3.05) is 17.7 Å². The first-order chi connectivity index (χ1) is 24.8. The summed E-state index contributed by atoms with van der Waals surface area (Å²) < 4.78 is 6.18. The molecule has 0 radical (unpaired) electrons. The van der Waals surface area contributed by atoms with Gasteiger partial charge < -0.3 is 20.7 Å². The van der Waals surface area contributed by atoms with Crippen LogP contribution in [0.15, 0.2) is 138 Å². The summed E-state index contributed by atoms with van der Waals surface area (Å²) in [6, 6.07) is 35.9. The van der Waals surface area contributed by atoms with Crippen molar-refractivity contribution < 1.29 is 24.0 Å². The van der Waals surface area contributed by atoms with Gasteiger partial charge in [0.1, 0.15) is 16.7 Å². The third kappa shape index (κ3) is 8.65. The minimum atomic E-state index is -0.704. The number of para-hydroxylation sites is 1. The van der Waals surface area contributed by atoms with Gasteiger partial charge in [-0.1, -0.05) is 78.1 Å². The fourth-order valence-electron chi connectivity index (χ4n) is 5.01. The molecular formula is C38H29N5O6S2. The molecule has 0 saturated heterocycles. The molecule has 51 heavy (non-hydrogen) atoms. The molecule has 11 nitrogen and oxygen atoms in total. The number of amides is 3. The predicted molar refractivity (Wildman–Crippen MR) is 200 cm³/mol. The zero-order valence-corrected chi connectivity index (χ0v) is 28.6. The molecule has 0 aliphatic heterocycles. The van der Waals surface area contributed by atoms with Crippen LogP contribution in [-0.4, -0.2) is 34.7 Å². The molecule has 254 valence electrons. The number of carbonyl (C=O) groups excluding carboxylic acids is 3. The summed E-state index contributed by atoms with van der Waals surface area (Å²) in [5.41, 5.74) is 1.87. The first kappa shape index (κ1) is 34.5. The van der Waals surface area contributed by atoms with E-state index < -0.39 is 22.0 Å². The van der Waals surface area contributed by atoms with Crippen LogP contribution in [0.4, 0.5) is 16.5 Å². The average molecular weight is 716 g/mol. The minimum absolute atomic E-state index is 0.134. The SMILES string of the molecule is COc1ccc2nc(NC(=O)C(Sc3cccc(NC(=O)/C(=C\c4ccccc4[N+](=O)[O-])NC(=O)c4ccccc4)c3)c3ccccc3)sc2c1. The van der Waals surface area contributed by atoms with Gasteiger partial charge in [0.25, 0.3) is 17.5 Å². The average Bonchev–Trinajstić information content (AvgIpc) is 3.55. The number of hydrogen-bond acceptors (Lipinski definition) is 9. The van der Waals surface area contributed by atoms with E-state index in [0.29, 0.717) is 27.0 Å². The molecule has 3 N–H and O–H groups in total. The molecular weight excluding hydrogens is 687 g/mol. The van der Waals surface area contributed by atoms with Gasteiger partial charge in [-0.05, 0) is 66.2 Å². The Balaban J connectivity index is 1.25. The number of thioether (sulfide) groups is 1. The van der Waals surface area contributed by atoms with E-state index in [-0.39, 0.29) is 22.9 Å². The number of nitrogens with zero attached hydrogens (tertiary/aromatic N) is 2. The highest BCUT2D eigenvalue weighted by atomic mass is 32.2. The molecule has 5 aromatic carbocycles. The van der Waals surface area contributed by atoms with Gasteiger partial charge in [0, 0.05) is 22.2 Å². The number of fused-ring (bicyclic) bond motifs is 1. The van der Waals surface area contributed by atoms with Crippen LogP contribution >= 0.6 is 23.1 Å². The maximum absolute atomic E-state index is 13.8. The summed E-state index contributed by atoms with van der Waals surface area (Å²) in [6.45, 7) is 0. The summed E-state index contributed by atoms with van der Waals surface area (Å²) in [5, 5.41) is 19.8. The Morgan fingerprint density at radius 1 is 0.863 bits per heavy atom. The highest BCUT2D eigenvalue weighted by Crippen LogP contribution is 2.38. The van der Waals surface area contributed by atoms with E-state index >= 15 is 0 Å². The molecule has 0 saturated carbocycles. The van der Waals surface area contributed by atoms with Gasteiger partial charge in [-0.3, -0.25) is 24.5 Å². The summed E-state index contributed by atoms with van der Waals surface area (Å²) in [7, 11) is 1.59. The quantitative estimate of drug-likeness (QED) is 0.0498. The van der Waals surface area contributed by atoms with Gasteiger partial charge in [-0.2, -0.15) is 0 Å². The lowest BCUT2D eigenvalue weighted by molar-refractivity contribution is -0.385. The standard InChI is InChI=1S/C38H29N5O6S2/c1-49-28-19-20-30-33(23-28)51-38(41-30)42-37(46)34(24-11-4-2-5-12-24)50-29-17-10-16-27(22-29)39-36(45)31(40-35(44)25-13-6-3-7-14-25)21-26-15-8-9-18-32(26)43(47)48/h2-23,34H,1H3,(H,39,45)(H,40,44)(H,41,42,46)/b31-21+. The second-order valence-electron chi connectivity index (χ2n) is 10.9. The van der Waals surface area contributed by atoms with Crippen molar-refractivity contribution in [3.05, 3.63) is 160 Å². The van der Waals surface area contributed by atoms with E-state index in [1.807, 2.05) is 54.6 Å². The van der Waals surface area contributed by atoms with Crippen LogP contribution in [0, 0.1) is 10.1 Å². The summed E-state index contributed by atoms with van der Waals surface area (Å²) in [4.78, 5) is 56.9. The first-order valence-electron chi connectivity index (χ1n) is 15.5. The number of methoxy groups -OCH3 is 1. The number of rotatable bonds is 12. The molecule has 6 rings (SSSR count). The van der Waals surface area contributed by atoms with Crippen LogP contribution in [0.2, 0.25) is 0 Å². The number of benzene rings is 5. The second kappa shape index (κ2) is 15.9. The van der Waals surface area contributed by atoms with Crippen molar-refractivity contribution >= 4 is 73.6 Å². The lowest BCUT2D eigenvalue weighted by Gasteiger charge is -2.17. The Labute approximate surface area is 300 Å². The predicted octanol–water partition coefficient (Wildman–Crippen LogP) is 8.09. The lowest BCUT2D eigenvalue weighted by atomic mass is 10.1. The van der Waals surface area contributed by atoms with Crippen LogP contribution < -0.4 is 20.7 Å². The number of carbonyl (C=O) groups is 3. The van der Waals surface area contributed by atoms with E-state index in [4.69, 9.17) is 4.74 Å². The molecule has 0 bridgehead atoms. The van der Waals surface area contributed by atoms with Crippen molar-refractivity contribution in [2.24, 2.45) is 0 Å². The van der Waals surface area contributed by atoms with Gasteiger partial charge >= 0.3 is 0 Å². The molecule has 0 aliphatic carbocycles. The van der Waals surface area contributed by atoms with Crippen molar-refractivity contribution in [2.45, 2.75) is 10.1 Å². The summed E-state index contributed by atoms with van der Waals surface area (Å²) in [6.07, 6.45) is 1.26. The molecule has 6 aromatic rings. The maximum Gasteiger partial charge on any atom is 0.276 e. The third-order valence-electron chi connectivity index (χ3n) is 7.47. The zero-order valence-electron chi connectivity index (χ0n) is 26.9. The van der Waals surface area contributed by atoms with Gasteiger partial charge in [0.15, 0.2) is 5.13 Å². The van der Waals surface area contributed by atoms with Crippen LogP contribution in [0.1, 0.15) is 26.7 Å². The van der Waals surface area contributed by atoms with Gasteiger partial charge in [0.05, 0.1) is 27.8 Å². The molecule has 1 unspecified atom stereocenters. The fourth-order valence-corrected chi connectivity index (χ4v) is 6.99. The Morgan fingerprint density at radius 3 is 2.33 bits per heavy atom. The van der Waals surface area contributed by atoms with Gasteiger partial charge in [-0.15, -0.1) is 11.8 Å². The van der Waals surface area contributed by atoms with E-state index in [1.54, 1.807) is 61.7 Å². The van der Waals surface area contributed by atoms with Crippen molar-refractivity contribution in [1.82, 2.24) is 10.3 Å². The largest absolute Gasteiger partial charge is 0.497 e. The van der Waals surface area contributed by atoms with Crippen LogP contribution in [-0.2, 0) is 9.59 Å². The highest BCUT2D eigenvalue weighted by molar-refractivity contribution is 8.00. The monoisotopic (exact) mass is 715 g/mol. The Bertz CT molecular complexity index is 2260. The molecule has 3 amide bonds. The smallest absolute Gasteiger partial charge is 0.276 e. The number of aromatic nitrogens is 1. The third-order valence-corrected chi connectivity index (χ3v) is 9.66. The lowest BCUT2D eigenvalue weighted by Crippen LogP contribution is -2.30. The Hall–Kier alpha value is -6.31. The number of nitro benzene ring substituents is 1. The summed E-state index contributed by atoms with van der Waals surface area (Å²) in [5.74, 6) is -0.866. The van der Waals surface area contributed by atoms with Crippen molar-refractivity contribution in [3.63, 3.8) is 0 Å². The number of nitro groups is 1. The van der Waals surface area contributed by atoms with Crippen LogP contribution in [0.25, 0.3) is 16.3 Å². The van der Waals surface area contributed by atoms with E-state index in [2.05, 4.69) is 20.9 Å². The highest BCUT2D eigenvalue weighted by Gasteiger charge is 2.24. The molecule has 1 atom stereocenters. The Kier molecular flexibility index (Phi) is 10.8. The van der Waals surface area contributed by atoms with Gasteiger partial charge in [-0.25, -0.2) is 4.98 Å². The van der Waals surface area contributed by atoms with Crippen LogP contribution in [0.5, 0.6) is 5.75 Å². The first-order valence-corrected chi connectivity index (χ1v) is 17.2. The maximum atomic E-state index is 13.8. The van der Waals surface area contributed by atoms with Crippen LogP contribution in [0.3, 0.4) is 0 Å². The van der Waals surface area contributed by atoms with E-state index in [9.17, 15) is 24.5 Å². The molecule has 1 heterocycles. The summed E-state index contributed by atoms with van der Waals surface area (Å²) >= 11 is 2.62. The minimum Gasteiger partial charge on any atom is -0.497 e. The van der Waals surface area contributed by atoms with E-state index in [1.165, 1.54) is 47.4 Å². The molecule has 0 spiro atoms. The number of thiazole rings is 1. The molecule has 1 aromatic heterocycles. The normalized spacial score (nSPS) is 11.7. The molecule has 0 fully saturated rings. The number of anilines is 2.